The lowest BCUT2D eigenvalue weighted by molar-refractivity contribution is 0.218. The molecule has 0 radical (unpaired) electrons. The Morgan fingerprint density at radius 1 is 1.48 bits per heavy atom. The number of aromatic nitrogens is 2. The molecule has 21 heavy (non-hydrogen) atoms. The zero-order chi connectivity index (χ0) is 14.8. The third-order valence-electron chi connectivity index (χ3n) is 3.01. The summed E-state index contributed by atoms with van der Waals surface area (Å²) in [6, 6.07) is 4.04. The number of hydrogen-bond donors (Lipinski definition) is 1. The molecule has 1 N–H and O–H groups in total. The summed E-state index contributed by atoms with van der Waals surface area (Å²) in [6.45, 7) is 2.68. The van der Waals surface area contributed by atoms with Crippen LogP contribution in [0.5, 0.6) is 0 Å². The van der Waals surface area contributed by atoms with E-state index in [9.17, 15) is 4.79 Å². The molecule has 110 valence electrons. The fourth-order valence-corrected chi connectivity index (χ4v) is 4.86. The van der Waals surface area contributed by atoms with Crippen LogP contribution in [0.1, 0.15) is 4.88 Å². The topological polar surface area (TPSA) is 55.0 Å². The number of ether oxygens (including phenoxy) is 1. The second kappa shape index (κ2) is 6.31. The Labute approximate surface area is 134 Å². The van der Waals surface area contributed by atoms with Crippen LogP contribution in [0.25, 0.3) is 20.7 Å². The first-order valence-electron chi connectivity index (χ1n) is 6.39. The molecule has 0 spiro atoms. The van der Waals surface area contributed by atoms with Crippen LogP contribution in [-0.4, -0.2) is 29.4 Å². The van der Waals surface area contributed by atoms with Crippen molar-refractivity contribution in [3.63, 3.8) is 0 Å². The first-order chi connectivity index (χ1) is 10.2. The number of nitrogens with zero attached hydrogens (tertiary/aromatic N) is 1. The summed E-state index contributed by atoms with van der Waals surface area (Å²) < 4.78 is 5.02. The fraction of sp³-hybridized carbons (Fsp3) is 0.286. The van der Waals surface area contributed by atoms with Crippen LogP contribution in [0.15, 0.2) is 27.5 Å². The number of thiophene rings is 2. The molecule has 0 unspecified atom stereocenters. The van der Waals surface area contributed by atoms with Gasteiger partial charge in [-0.05, 0) is 18.4 Å². The zero-order valence-corrected chi connectivity index (χ0v) is 14.1. The molecule has 3 aromatic heterocycles. The SMILES string of the molecule is COCCSc1nc2sc(C)c(-c3cccs3)c2c(=O)[nH]1. The quantitative estimate of drug-likeness (QED) is 0.437. The lowest BCUT2D eigenvalue weighted by Gasteiger charge is -2.01. The maximum absolute atomic E-state index is 12.4. The van der Waals surface area contributed by atoms with Crippen LogP contribution < -0.4 is 5.56 Å². The van der Waals surface area contributed by atoms with Crippen molar-refractivity contribution in [2.75, 3.05) is 19.5 Å². The van der Waals surface area contributed by atoms with E-state index in [1.807, 2.05) is 24.4 Å². The molecule has 0 saturated carbocycles. The van der Waals surface area contributed by atoms with Gasteiger partial charge in [-0.15, -0.1) is 22.7 Å². The van der Waals surface area contributed by atoms with E-state index in [0.717, 1.165) is 25.9 Å². The molecule has 0 amide bonds. The average Bonchev–Trinajstić information content (AvgIpc) is 3.05. The highest BCUT2D eigenvalue weighted by Crippen LogP contribution is 2.38. The van der Waals surface area contributed by atoms with Gasteiger partial charge in [0.2, 0.25) is 0 Å². The van der Waals surface area contributed by atoms with Gasteiger partial charge in [0.05, 0.1) is 12.0 Å². The summed E-state index contributed by atoms with van der Waals surface area (Å²) >= 11 is 4.72. The van der Waals surface area contributed by atoms with Gasteiger partial charge in [-0.2, -0.15) is 0 Å². The molecule has 0 bridgehead atoms. The summed E-state index contributed by atoms with van der Waals surface area (Å²) in [5, 5.41) is 3.38. The summed E-state index contributed by atoms with van der Waals surface area (Å²) in [5.41, 5.74) is 0.958. The van der Waals surface area contributed by atoms with E-state index >= 15 is 0 Å². The van der Waals surface area contributed by atoms with Gasteiger partial charge in [0.15, 0.2) is 5.16 Å². The number of aromatic amines is 1. The third kappa shape index (κ3) is 2.91. The predicted molar refractivity (Wildman–Crippen MR) is 90.9 cm³/mol. The van der Waals surface area contributed by atoms with E-state index in [0.29, 0.717) is 17.1 Å². The lowest BCUT2D eigenvalue weighted by Crippen LogP contribution is -2.09. The summed E-state index contributed by atoms with van der Waals surface area (Å²) in [6.07, 6.45) is 0. The Morgan fingerprint density at radius 3 is 3.05 bits per heavy atom. The van der Waals surface area contributed by atoms with E-state index in [1.54, 1.807) is 29.8 Å². The van der Waals surface area contributed by atoms with Gasteiger partial charge >= 0.3 is 0 Å². The van der Waals surface area contributed by atoms with Crippen molar-refractivity contribution in [3.8, 4) is 10.4 Å². The number of aryl methyl sites for hydroxylation is 1. The second-order valence-corrected chi connectivity index (χ2v) is 7.64. The van der Waals surface area contributed by atoms with Crippen molar-refractivity contribution in [3.05, 3.63) is 32.7 Å². The summed E-state index contributed by atoms with van der Waals surface area (Å²) in [7, 11) is 1.66. The average molecular weight is 338 g/mol. The number of methoxy groups -OCH3 is 1. The number of rotatable bonds is 5. The van der Waals surface area contributed by atoms with Crippen molar-refractivity contribution in [2.24, 2.45) is 0 Å². The smallest absolute Gasteiger partial charge is 0.260 e. The van der Waals surface area contributed by atoms with Crippen molar-refractivity contribution in [1.82, 2.24) is 9.97 Å². The minimum absolute atomic E-state index is 0.0623. The zero-order valence-electron chi connectivity index (χ0n) is 11.6. The lowest BCUT2D eigenvalue weighted by atomic mass is 10.1. The molecule has 3 rings (SSSR count). The standard InChI is InChI=1S/C14H14N2O2S3/c1-8-10(9-4-3-6-19-9)11-12(17)15-14(16-13(11)21-8)20-7-5-18-2/h3-4,6H,5,7H2,1-2H3,(H,15,16,17). The molecular formula is C14H14N2O2S3. The Bertz CT molecular complexity index is 806. The Balaban J connectivity index is 2.08. The van der Waals surface area contributed by atoms with Crippen molar-refractivity contribution in [2.45, 2.75) is 12.1 Å². The van der Waals surface area contributed by atoms with Crippen LogP contribution in [-0.2, 0) is 4.74 Å². The van der Waals surface area contributed by atoms with Crippen LogP contribution >= 0.6 is 34.4 Å². The molecule has 3 heterocycles. The van der Waals surface area contributed by atoms with Gasteiger partial charge in [-0.25, -0.2) is 4.98 Å². The number of H-pyrrole nitrogens is 1. The molecule has 3 aromatic rings. The molecule has 0 saturated heterocycles. The van der Waals surface area contributed by atoms with Gasteiger partial charge in [0, 0.05) is 28.2 Å². The van der Waals surface area contributed by atoms with Crippen molar-refractivity contribution < 1.29 is 4.74 Å². The van der Waals surface area contributed by atoms with Crippen LogP contribution in [0.2, 0.25) is 0 Å². The minimum Gasteiger partial charge on any atom is -0.384 e. The highest BCUT2D eigenvalue weighted by atomic mass is 32.2. The monoisotopic (exact) mass is 338 g/mol. The summed E-state index contributed by atoms with van der Waals surface area (Å²) in [4.78, 5) is 22.9. The number of fused-ring (bicyclic) bond motifs is 1. The number of nitrogens with one attached hydrogen (secondary N) is 1. The van der Waals surface area contributed by atoms with Gasteiger partial charge < -0.3 is 9.72 Å². The van der Waals surface area contributed by atoms with Crippen LogP contribution in [0.3, 0.4) is 0 Å². The molecule has 0 atom stereocenters. The predicted octanol–water partition coefficient (Wildman–Crippen LogP) is 3.76. The highest BCUT2D eigenvalue weighted by Gasteiger charge is 2.17. The molecule has 0 aliphatic rings. The van der Waals surface area contributed by atoms with E-state index in [2.05, 4.69) is 9.97 Å². The van der Waals surface area contributed by atoms with Gasteiger partial charge in [-0.1, -0.05) is 17.8 Å². The van der Waals surface area contributed by atoms with E-state index < -0.39 is 0 Å². The van der Waals surface area contributed by atoms with E-state index in [4.69, 9.17) is 4.74 Å². The molecule has 4 nitrogen and oxygen atoms in total. The molecule has 0 aliphatic carbocycles. The van der Waals surface area contributed by atoms with Crippen molar-refractivity contribution >= 4 is 44.7 Å². The Hall–Kier alpha value is -1.15. The van der Waals surface area contributed by atoms with E-state index in [-0.39, 0.29) is 5.56 Å². The van der Waals surface area contributed by atoms with Gasteiger partial charge in [0.1, 0.15) is 4.83 Å². The van der Waals surface area contributed by atoms with Crippen molar-refractivity contribution in [1.29, 1.82) is 0 Å². The van der Waals surface area contributed by atoms with E-state index in [1.165, 1.54) is 11.8 Å². The Morgan fingerprint density at radius 2 is 2.33 bits per heavy atom. The molecule has 7 heteroatoms. The molecular weight excluding hydrogens is 324 g/mol. The molecule has 0 fully saturated rings. The normalized spacial score (nSPS) is 11.3. The summed E-state index contributed by atoms with van der Waals surface area (Å²) in [5.74, 6) is 0.771. The maximum Gasteiger partial charge on any atom is 0.260 e. The largest absolute Gasteiger partial charge is 0.384 e. The first-order valence-corrected chi connectivity index (χ1v) is 9.08. The first kappa shape index (κ1) is 14.8. The minimum atomic E-state index is -0.0623. The van der Waals surface area contributed by atoms with Gasteiger partial charge in [-0.3, -0.25) is 4.79 Å². The maximum atomic E-state index is 12.4. The Kier molecular flexibility index (Phi) is 4.44. The van der Waals surface area contributed by atoms with Crippen LogP contribution in [0.4, 0.5) is 0 Å². The third-order valence-corrected chi connectivity index (χ3v) is 5.73. The molecule has 0 aromatic carbocycles. The highest BCUT2D eigenvalue weighted by molar-refractivity contribution is 7.99. The fourth-order valence-electron chi connectivity index (χ4n) is 2.11. The molecule has 0 aliphatic heterocycles. The second-order valence-electron chi connectivity index (χ2n) is 4.40. The number of hydrogen-bond acceptors (Lipinski definition) is 6. The van der Waals surface area contributed by atoms with Crippen LogP contribution in [0, 0.1) is 6.92 Å². The van der Waals surface area contributed by atoms with Gasteiger partial charge in [0.25, 0.3) is 5.56 Å². The number of thioether (sulfide) groups is 1.